The number of aromatic amines is 1. The minimum absolute atomic E-state index is 0. The number of halogens is 2. The molecule has 82 valence electrons. The molecular formula is C10H13Cl2N3. The van der Waals surface area contributed by atoms with Crippen LogP contribution in [0.4, 0.5) is 0 Å². The van der Waals surface area contributed by atoms with Gasteiger partial charge in [0.25, 0.3) is 0 Å². The maximum Gasteiger partial charge on any atom is 0.0923 e. The maximum absolute atomic E-state index is 4.22. The maximum atomic E-state index is 4.22. The van der Waals surface area contributed by atoms with Crippen LogP contribution in [0.25, 0.3) is 0 Å². The van der Waals surface area contributed by atoms with Crippen molar-refractivity contribution in [2.75, 3.05) is 0 Å². The van der Waals surface area contributed by atoms with Gasteiger partial charge >= 0.3 is 0 Å². The van der Waals surface area contributed by atoms with Gasteiger partial charge in [0, 0.05) is 24.5 Å². The van der Waals surface area contributed by atoms with E-state index in [0.717, 1.165) is 17.8 Å². The Morgan fingerprint density at radius 3 is 2.67 bits per heavy atom. The Bertz CT molecular complexity index is 387. The van der Waals surface area contributed by atoms with Gasteiger partial charge in [-0.1, -0.05) is 6.07 Å². The molecule has 5 heteroatoms. The van der Waals surface area contributed by atoms with Crippen LogP contribution in [0.5, 0.6) is 0 Å². The number of aromatic nitrogens is 3. The first kappa shape index (κ1) is 13.9. The molecule has 0 unspecified atom stereocenters. The third kappa shape index (κ3) is 3.53. The Kier molecular flexibility index (Phi) is 5.97. The molecule has 0 aliphatic heterocycles. The molecule has 1 N–H and O–H groups in total. The second-order valence-corrected chi connectivity index (χ2v) is 2.99. The second-order valence-electron chi connectivity index (χ2n) is 2.99. The zero-order valence-electron chi connectivity index (χ0n) is 8.30. The number of pyridine rings is 1. The normalized spacial score (nSPS) is 8.87. The molecule has 0 saturated carbocycles. The highest BCUT2D eigenvalue weighted by Gasteiger charge is 2.00. The molecule has 0 atom stereocenters. The molecule has 2 heterocycles. The molecule has 0 spiro atoms. The topological polar surface area (TPSA) is 41.6 Å². The van der Waals surface area contributed by atoms with Gasteiger partial charge in [-0.25, -0.2) is 4.98 Å². The first-order valence-electron chi connectivity index (χ1n) is 4.24. The van der Waals surface area contributed by atoms with Gasteiger partial charge in [0.2, 0.25) is 0 Å². The fraction of sp³-hybridized carbons (Fsp3) is 0.200. The van der Waals surface area contributed by atoms with E-state index >= 15 is 0 Å². The van der Waals surface area contributed by atoms with E-state index < -0.39 is 0 Å². The molecule has 0 amide bonds. The lowest BCUT2D eigenvalue weighted by atomic mass is 10.1. The Balaban J connectivity index is 0.000000980. The third-order valence-corrected chi connectivity index (χ3v) is 2.04. The number of hydrogen-bond acceptors (Lipinski definition) is 2. The van der Waals surface area contributed by atoms with Crippen molar-refractivity contribution in [3.63, 3.8) is 0 Å². The van der Waals surface area contributed by atoms with E-state index in [4.69, 9.17) is 0 Å². The summed E-state index contributed by atoms with van der Waals surface area (Å²) in [5, 5.41) is 0. The molecule has 0 aromatic carbocycles. The molecule has 0 aliphatic rings. The summed E-state index contributed by atoms with van der Waals surface area (Å²) < 4.78 is 0. The minimum atomic E-state index is 0. The van der Waals surface area contributed by atoms with Gasteiger partial charge in [0.15, 0.2) is 0 Å². The van der Waals surface area contributed by atoms with Crippen LogP contribution in [0, 0.1) is 6.92 Å². The van der Waals surface area contributed by atoms with Crippen molar-refractivity contribution in [1.29, 1.82) is 0 Å². The predicted octanol–water partition coefficient (Wildman–Crippen LogP) is 2.55. The molecule has 2 aromatic rings. The van der Waals surface area contributed by atoms with E-state index in [1.807, 2.05) is 25.4 Å². The quantitative estimate of drug-likeness (QED) is 0.884. The molecule has 0 fully saturated rings. The molecule has 0 saturated heterocycles. The summed E-state index contributed by atoms with van der Waals surface area (Å²) in [7, 11) is 0. The van der Waals surface area contributed by atoms with Crippen LogP contribution >= 0.6 is 24.8 Å². The van der Waals surface area contributed by atoms with Crippen LogP contribution in [0.1, 0.15) is 17.0 Å². The molecule has 0 bridgehead atoms. The van der Waals surface area contributed by atoms with E-state index in [0.29, 0.717) is 0 Å². The van der Waals surface area contributed by atoms with E-state index in [9.17, 15) is 0 Å². The monoisotopic (exact) mass is 245 g/mol. The summed E-state index contributed by atoms with van der Waals surface area (Å²) in [6.07, 6.45) is 6.26. The van der Waals surface area contributed by atoms with Crippen LogP contribution in [0.3, 0.4) is 0 Å². The van der Waals surface area contributed by atoms with E-state index in [-0.39, 0.29) is 24.8 Å². The van der Waals surface area contributed by atoms with E-state index in [2.05, 4.69) is 21.0 Å². The molecule has 0 radical (unpaired) electrons. The Hall–Kier alpha value is -1.06. The number of nitrogens with zero attached hydrogens (tertiary/aromatic N) is 2. The average Bonchev–Trinajstić information content (AvgIpc) is 2.61. The van der Waals surface area contributed by atoms with Crippen LogP contribution in [0.2, 0.25) is 0 Å². The summed E-state index contributed by atoms with van der Waals surface area (Å²) in [6.45, 7) is 2.02. The summed E-state index contributed by atoms with van der Waals surface area (Å²) in [5.41, 5.74) is 3.36. The lowest BCUT2D eigenvalue weighted by Crippen LogP contribution is -1.93. The van der Waals surface area contributed by atoms with Gasteiger partial charge in [-0.2, -0.15) is 0 Å². The lowest BCUT2D eigenvalue weighted by molar-refractivity contribution is 1.04. The van der Waals surface area contributed by atoms with Gasteiger partial charge in [-0.05, 0) is 18.6 Å². The zero-order chi connectivity index (χ0) is 9.10. The van der Waals surface area contributed by atoms with Gasteiger partial charge in [-0.3, -0.25) is 4.98 Å². The highest BCUT2D eigenvalue weighted by Crippen LogP contribution is 2.08. The van der Waals surface area contributed by atoms with Gasteiger partial charge in [0.1, 0.15) is 0 Å². The van der Waals surface area contributed by atoms with Crippen molar-refractivity contribution in [3.8, 4) is 0 Å². The Labute approximate surface area is 101 Å². The zero-order valence-corrected chi connectivity index (χ0v) is 9.94. The fourth-order valence-corrected chi connectivity index (χ4v) is 1.29. The summed E-state index contributed by atoms with van der Waals surface area (Å²) >= 11 is 0. The first-order valence-corrected chi connectivity index (χ1v) is 4.24. The SMILES string of the molecule is Cc1ncccc1Cc1c[nH]cn1.Cl.Cl. The lowest BCUT2D eigenvalue weighted by Gasteiger charge is -2.00. The average molecular weight is 246 g/mol. The van der Waals surface area contributed by atoms with Crippen LogP contribution < -0.4 is 0 Å². The molecule has 0 aliphatic carbocycles. The van der Waals surface area contributed by atoms with Crippen molar-refractivity contribution in [3.05, 3.63) is 47.8 Å². The molecule has 3 nitrogen and oxygen atoms in total. The second kappa shape index (κ2) is 6.43. The van der Waals surface area contributed by atoms with Gasteiger partial charge in [0.05, 0.1) is 12.0 Å². The number of nitrogens with one attached hydrogen (secondary N) is 1. The molecule has 2 rings (SSSR count). The highest BCUT2D eigenvalue weighted by atomic mass is 35.5. The van der Waals surface area contributed by atoms with Crippen molar-refractivity contribution in [2.24, 2.45) is 0 Å². The first-order chi connectivity index (χ1) is 6.36. The summed E-state index contributed by atoms with van der Waals surface area (Å²) in [6, 6.07) is 4.03. The molecule has 2 aromatic heterocycles. The fourth-order valence-electron chi connectivity index (χ4n) is 1.29. The van der Waals surface area contributed by atoms with Crippen LogP contribution in [-0.2, 0) is 6.42 Å². The highest BCUT2D eigenvalue weighted by molar-refractivity contribution is 5.85. The predicted molar refractivity (Wildman–Crippen MR) is 64.9 cm³/mol. The van der Waals surface area contributed by atoms with Crippen molar-refractivity contribution in [1.82, 2.24) is 15.0 Å². The standard InChI is InChI=1S/C10H11N3.2ClH/c1-8-9(3-2-4-12-8)5-10-6-11-7-13-10;;/h2-4,6-7H,5H2,1H3,(H,11,13);2*1H. The largest absolute Gasteiger partial charge is 0.351 e. The van der Waals surface area contributed by atoms with E-state index in [1.54, 1.807) is 6.33 Å². The Morgan fingerprint density at radius 1 is 1.27 bits per heavy atom. The number of imidazole rings is 1. The third-order valence-electron chi connectivity index (χ3n) is 2.04. The van der Waals surface area contributed by atoms with Gasteiger partial charge < -0.3 is 4.98 Å². The van der Waals surface area contributed by atoms with E-state index in [1.165, 1.54) is 5.56 Å². The number of H-pyrrole nitrogens is 1. The molecular weight excluding hydrogens is 233 g/mol. The van der Waals surface area contributed by atoms with Crippen molar-refractivity contribution < 1.29 is 0 Å². The summed E-state index contributed by atoms with van der Waals surface area (Å²) in [5.74, 6) is 0. The minimum Gasteiger partial charge on any atom is -0.351 e. The smallest absolute Gasteiger partial charge is 0.0923 e. The van der Waals surface area contributed by atoms with Crippen LogP contribution in [0.15, 0.2) is 30.9 Å². The van der Waals surface area contributed by atoms with Gasteiger partial charge in [-0.15, -0.1) is 24.8 Å². The number of aryl methyl sites for hydroxylation is 1. The van der Waals surface area contributed by atoms with Crippen molar-refractivity contribution in [2.45, 2.75) is 13.3 Å². The van der Waals surface area contributed by atoms with Crippen LogP contribution in [-0.4, -0.2) is 15.0 Å². The molecule has 15 heavy (non-hydrogen) atoms. The summed E-state index contributed by atoms with van der Waals surface area (Å²) in [4.78, 5) is 11.3. The Morgan fingerprint density at radius 2 is 2.07 bits per heavy atom. The van der Waals surface area contributed by atoms with Crippen molar-refractivity contribution >= 4 is 24.8 Å². The number of rotatable bonds is 2. The number of hydrogen-bond donors (Lipinski definition) is 1.